The first-order valence-corrected chi connectivity index (χ1v) is 5.83. The van der Waals surface area contributed by atoms with E-state index in [1.807, 2.05) is 12.1 Å². The number of aromatic nitrogens is 1. The highest BCUT2D eigenvalue weighted by molar-refractivity contribution is 5.97. The van der Waals surface area contributed by atoms with Gasteiger partial charge in [0.1, 0.15) is 0 Å². The predicted octanol–water partition coefficient (Wildman–Crippen LogP) is 2.94. The molecule has 0 aliphatic heterocycles. The van der Waals surface area contributed by atoms with E-state index in [1.165, 1.54) is 12.8 Å². The number of rotatable bonds is 3. The third-order valence-corrected chi connectivity index (χ3v) is 2.94. The second kappa shape index (κ2) is 4.56. The maximum absolute atomic E-state index is 11.6. The smallest absolute Gasteiger partial charge is 0.164 e. The Morgan fingerprint density at radius 1 is 1.33 bits per heavy atom. The molecule has 0 amide bonds. The summed E-state index contributed by atoms with van der Waals surface area (Å²) in [4.78, 5) is 16.2. The maximum Gasteiger partial charge on any atom is 0.164 e. The molecule has 0 saturated carbocycles. The van der Waals surface area contributed by atoms with Gasteiger partial charge in [-0.05, 0) is 37.8 Å². The quantitative estimate of drug-likeness (QED) is 0.756. The molecule has 1 aliphatic carbocycles. The summed E-state index contributed by atoms with van der Waals surface area (Å²) >= 11 is 0. The average Bonchev–Trinajstić information content (AvgIpc) is 2.26. The molecule has 1 aromatic rings. The summed E-state index contributed by atoms with van der Waals surface area (Å²) in [5.74, 6) is 0.269. The highest BCUT2D eigenvalue weighted by Gasteiger charge is 2.17. The highest BCUT2D eigenvalue weighted by atomic mass is 16.1. The van der Waals surface area contributed by atoms with E-state index >= 15 is 0 Å². The summed E-state index contributed by atoms with van der Waals surface area (Å²) < 4.78 is 0. The van der Waals surface area contributed by atoms with Crippen molar-refractivity contribution in [2.24, 2.45) is 0 Å². The van der Waals surface area contributed by atoms with Crippen LogP contribution in [0.5, 0.6) is 0 Å². The second-order valence-corrected chi connectivity index (χ2v) is 4.18. The standard InChI is InChI=1S/C13H17NO/c1-2-3-5-10-8-9-11-12(14-10)6-4-7-13(11)15/h8-9H,2-7H2,1H3. The first kappa shape index (κ1) is 10.3. The molecule has 80 valence electrons. The molecule has 2 nitrogen and oxygen atoms in total. The van der Waals surface area contributed by atoms with Crippen molar-refractivity contribution in [3.05, 3.63) is 29.1 Å². The molecule has 0 spiro atoms. The number of pyridine rings is 1. The summed E-state index contributed by atoms with van der Waals surface area (Å²) in [6.45, 7) is 2.18. The van der Waals surface area contributed by atoms with Gasteiger partial charge < -0.3 is 0 Å². The normalized spacial score (nSPS) is 15.1. The number of carbonyl (C=O) groups is 1. The van der Waals surface area contributed by atoms with E-state index in [0.29, 0.717) is 6.42 Å². The van der Waals surface area contributed by atoms with Crippen LogP contribution in [0, 0.1) is 0 Å². The summed E-state index contributed by atoms with van der Waals surface area (Å²) in [5.41, 5.74) is 3.03. The molecule has 2 rings (SSSR count). The number of nitrogens with zero attached hydrogens (tertiary/aromatic N) is 1. The van der Waals surface area contributed by atoms with Crippen LogP contribution in [0.4, 0.5) is 0 Å². The first-order chi connectivity index (χ1) is 7.31. The van der Waals surface area contributed by atoms with Crippen LogP contribution in [-0.4, -0.2) is 10.8 Å². The fraction of sp³-hybridized carbons (Fsp3) is 0.538. The topological polar surface area (TPSA) is 30.0 Å². The number of hydrogen-bond donors (Lipinski definition) is 0. The molecule has 0 fully saturated rings. The van der Waals surface area contributed by atoms with Crippen LogP contribution in [0.15, 0.2) is 12.1 Å². The van der Waals surface area contributed by atoms with Crippen molar-refractivity contribution < 1.29 is 4.79 Å². The van der Waals surface area contributed by atoms with E-state index in [4.69, 9.17) is 0 Å². The van der Waals surface area contributed by atoms with E-state index in [2.05, 4.69) is 11.9 Å². The van der Waals surface area contributed by atoms with Gasteiger partial charge in [0, 0.05) is 17.7 Å². The van der Waals surface area contributed by atoms with Gasteiger partial charge in [-0.15, -0.1) is 0 Å². The lowest BCUT2D eigenvalue weighted by molar-refractivity contribution is 0.0971. The number of carbonyl (C=O) groups excluding carboxylic acids is 1. The van der Waals surface area contributed by atoms with Crippen molar-refractivity contribution in [3.8, 4) is 0 Å². The zero-order valence-corrected chi connectivity index (χ0v) is 9.25. The highest BCUT2D eigenvalue weighted by Crippen LogP contribution is 2.20. The molecule has 1 aromatic heterocycles. The molecule has 2 heteroatoms. The van der Waals surface area contributed by atoms with Gasteiger partial charge in [-0.2, -0.15) is 0 Å². The van der Waals surface area contributed by atoms with Gasteiger partial charge in [-0.3, -0.25) is 9.78 Å². The van der Waals surface area contributed by atoms with Crippen molar-refractivity contribution >= 4 is 5.78 Å². The number of aryl methyl sites for hydroxylation is 2. The third kappa shape index (κ3) is 2.25. The summed E-state index contributed by atoms with van der Waals surface area (Å²) in [6, 6.07) is 3.98. The Balaban J connectivity index is 2.21. The number of fused-ring (bicyclic) bond motifs is 1. The zero-order valence-electron chi connectivity index (χ0n) is 9.25. The largest absolute Gasteiger partial charge is 0.294 e. The molecule has 0 bridgehead atoms. The van der Waals surface area contributed by atoms with E-state index in [1.54, 1.807) is 0 Å². The van der Waals surface area contributed by atoms with Gasteiger partial charge in [0.05, 0.1) is 5.69 Å². The molecular formula is C13H17NO. The van der Waals surface area contributed by atoms with E-state index in [-0.39, 0.29) is 5.78 Å². The van der Waals surface area contributed by atoms with Gasteiger partial charge in [-0.1, -0.05) is 13.3 Å². The van der Waals surface area contributed by atoms with E-state index < -0.39 is 0 Å². The number of hydrogen-bond acceptors (Lipinski definition) is 2. The minimum Gasteiger partial charge on any atom is -0.294 e. The molecule has 0 radical (unpaired) electrons. The molecule has 0 unspecified atom stereocenters. The predicted molar refractivity (Wildman–Crippen MR) is 60.1 cm³/mol. The maximum atomic E-state index is 11.6. The molecular weight excluding hydrogens is 186 g/mol. The monoisotopic (exact) mass is 203 g/mol. The van der Waals surface area contributed by atoms with Crippen molar-refractivity contribution in [1.29, 1.82) is 0 Å². The lowest BCUT2D eigenvalue weighted by Crippen LogP contribution is -2.13. The van der Waals surface area contributed by atoms with Gasteiger partial charge in [0.15, 0.2) is 5.78 Å². The van der Waals surface area contributed by atoms with Gasteiger partial charge in [0.25, 0.3) is 0 Å². The summed E-state index contributed by atoms with van der Waals surface area (Å²) in [6.07, 6.45) is 6.05. The van der Waals surface area contributed by atoms with E-state index in [0.717, 1.165) is 36.2 Å². The van der Waals surface area contributed by atoms with Crippen LogP contribution >= 0.6 is 0 Å². The number of unbranched alkanes of at least 4 members (excludes halogenated alkanes) is 1. The Morgan fingerprint density at radius 2 is 2.20 bits per heavy atom. The van der Waals surface area contributed by atoms with Crippen LogP contribution in [0.25, 0.3) is 0 Å². The van der Waals surface area contributed by atoms with Crippen molar-refractivity contribution in [3.63, 3.8) is 0 Å². The zero-order chi connectivity index (χ0) is 10.7. The van der Waals surface area contributed by atoms with Crippen LogP contribution in [-0.2, 0) is 12.8 Å². The molecule has 15 heavy (non-hydrogen) atoms. The molecule has 1 heterocycles. The fourth-order valence-electron chi connectivity index (χ4n) is 2.04. The Kier molecular flexibility index (Phi) is 3.14. The Bertz CT molecular complexity index is 371. The van der Waals surface area contributed by atoms with Crippen LogP contribution in [0.3, 0.4) is 0 Å². The lowest BCUT2D eigenvalue weighted by atomic mass is 9.94. The van der Waals surface area contributed by atoms with Gasteiger partial charge in [0.2, 0.25) is 0 Å². The number of ketones is 1. The van der Waals surface area contributed by atoms with E-state index in [9.17, 15) is 4.79 Å². The van der Waals surface area contributed by atoms with Crippen molar-refractivity contribution in [2.75, 3.05) is 0 Å². The third-order valence-electron chi connectivity index (χ3n) is 2.94. The fourth-order valence-corrected chi connectivity index (χ4v) is 2.04. The molecule has 0 N–H and O–H groups in total. The summed E-state index contributed by atoms with van der Waals surface area (Å²) in [5, 5.41) is 0. The minimum absolute atomic E-state index is 0.269. The summed E-state index contributed by atoms with van der Waals surface area (Å²) in [7, 11) is 0. The van der Waals surface area contributed by atoms with Gasteiger partial charge >= 0.3 is 0 Å². The second-order valence-electron chi connectivity index (χ2n) is 4.18. The first-order valence-electron chi connectivity index (χ1n) is 5.83. The Labute approximate surface area is 90.7 Å². The Hall–Kier alpha value is -1.18. The van der Waals surface area contributed by atoms with Crippen molar-refractivity contribution in [2.45, 2.75) is 45.4 Å². The average molecular weight is 203 g/mol. The van der Waals surface area contributed by atoms with Crippen LogP contribution < -0.4 is 0 Å². The number of Topliss-reactive ketones (excluding diaryl/α,β-unsaturated/α-hetero) is 1. The lowest BCUT2D eigenvalue weighted by Gasteiger charge is -2.14. The molecule has 0 aromatic carbocycles. The molecule has 0 atom stereocenters. The van der Waals surface area contributed by atoms with Crippen molar-refractivity contribution in [1.82, 2.24) is 4.98 Å². The minimum atomic E-state index is 0.269. The SMILES string of the molecule is CCCCc1ccc2c(n1)CCCC2=O. The molecule has 0 saturated heterocycles. The van der Waals surface area contributed by atoms with Crippen LogP contribution in [0.1, 0.15) is 54.4 Å². The molecule has 1 aliphatic rings. The Morgan fingerprint density at radius 3 is 3.00 bits per heavy atom. The van der Waals surface area contributed by atoms with Gasteiger partial charge in [-0.25, -0.2) is 0 Å². The van der Waals surface area contributed by atoms with Crippen LogP contribution in [0.2, 0.25) is 0 Å².